The minimum Gasteiger partial charge on any atom is -0.396 e. The first-order valence-corrected chi connectivity index (χ1v) is 10.9. The second-order valence-electron chi connectivity index (χ2n) is 7.58. The molecule has 1 saturated heterocycles. The van der Waals surface area contributed by atoms with Crippen molar-refractivity contribution >= 4 is 28.0 Å². The molecule has 0 saturated carbocycles. The highest BCUT2D eigenvalue weighted by Crippen LogP contribution is 2.30. The number of anilines is 2. The normalized spacial score (nSPS) is 16.5. The Morgan fingerprint density at radius 3 is 3.03 bits per heavy atom. The average molecular weight is 425 g/mol. The van der Waals surface area contributed by atoms with Crippen molar-refractivity contribution < 1.29 is 5.11 Å². The lowest BCUT2D eigenvalue weighted by molar-refractivity contribution is 0.288. The van der Waals surface area contributed by atoms with E-state index in [9.17, 15) is 5.11 Å². The third kappa shape index (κ3) is 3.69. The maximum Gasteiger partial charge on any atom is 0.180 e. The molecular formula is C20H24N8OS. The molecule has 0 spiro atoms. The third-order valence-corrected chi connectivity index (χ3v) is 6.10. The Hall–Kier alpha value is -2.82. The molecule has 5 heterocycles. The molecule has 4 aromatic rings. The molecule has 0 amide bonds. The molecule has 1 aliphatic heterocycles. The number of aliphatic hydroxyl groups excluding tert-OH is 1. The Balaban J connectivity index is 1.52. The lowest BCUT2D eigenvalue weighted by atomic mass is 10.1. The summed E-state index contributed by atoms with van der Waals surface area (Å²) in [6, 6.07) is 2.12. The van der Waals surface area contributed by atoms with Gasteiger partial charge in [-0.05, 0) is 43.4 Å². The molecule has 10 heteroatoms. The van der Waals surface area contributed by atoms with E-state index >= 15 is 0 Å². The van der Waals surface area contributed by atoms with Gasteiger partial charge in [-0.3, -0.25) is 9.08 Å². The summed E-state index contributed by atoms with van der Waals surface area (Å²) in [5, 5.41) is 21.3. The van der Waals surface area contributed by atoms with Crippen LogP contribution in [-0.4, -0.2) is 53.3 Å². The van der Waals surface area contributed by atoms with Gasteiger partial charge in [0.1, 0.15) is 5.00 Å². The summed E-state index contributed by atoms with van der Waals surface area (Å²) in [5.41, 5.74) is 4.71. The highest BCUT2D eigenvalue weighted by Gasteiger charge is 2.20. The second-order valence-corrected chi connectivity index (χ2v) is 8.38. The van der Waals surface area contributed by atoms with Gasteiger partial charge in [0.05, 0.1) is 29.5 Å². The molecule has 0 bridgehead atoms. The number of hydrogen-bond acceptors (Lipinski definition) is 8. The van der Waals surface area contributed by atoms with Crippen LogP contribution in [0.2, 0.25) is 0 Å². The Kier molecular flexibility index (Phi) is 5.19. The number of rotatable bonds is 7. The second kappa shape index (κ2) is 8.13. The largest absolute Gasteiger partial charge is 0.396 e. The molecule has 1 aliphatic rings. The molecule has 1 atom stereocenters. The maximum atomic E-state index is 9.26. The Bertz CT molecular complexity index is 1160. The summed E-state index contributed by atoms with van der Waals surface area (Å²) in [6.45, 7) is 2.16. The molecule has 0 aromatic carbocycles. The van der Waals surface area contributed by atoms with Gasteiger partial charge in [-0.15, -0.1) is 0 Å². The van der Waals surface area contributed by atoms with Crippen LogP contribution in [0.5, 0.6) is 0 Å². The number of fused-ring (bicyclic) bond motifs is 1. The van der Waals surface area contributed by atoms with Crippen molar-refractivity contribution in [2.75, 3.05) is 25.0 Å². The molecule has 156 valence electrons. The van der Waals surface area contributed by atoms with Gasteiger partial charge in [-0.25, -0.2) is 9.97 Å². The molecule has 5 rings (SSSR count). The monoisotopic (exact) mass is 424 g/mol. The predicted octanol–water partition coefficient (Wildman–Crippen LogP) is 2.33. The summed E-state index contributed by atoms with van der Waals surface area (Å²) in [6.07, 6.45) is 10.1. The van der Waals surface area contributed by atoms with Crippen molar-refractivity contribution in [3.05, 3.63) is 42.2 Å². The fourth-order valence-electron chi connectivity index (χ4n) is 3.83. The van der Waals surface area contributed by atoms with Gasteiger partial charge in [-0.2, -0.15) is 9.47 Å². The van der Waals surface area contributed by atoms with E-state index in [1.165, 1.54) is 11.5 Å². The van der Waals surface area contributed by atoms with Gasteiger partial charge >= 0.3 is 0 Å². The number of aliphatic hydroxyl groups is 1. The van der Waals surface area contributed by atoms with Gasteiger partial charge in [0.15, 0.2) is 11.5 Å². The summed E-state index contributed by atoms with van der Waals surface area (Å²) in [5.74, 6) is 1.17. The van der Waals surface area contributed by atoms with E-state index in [-0.39, 0.29) is 6.61 Å². The Morgan fingerprint density at radius 1 is 1.33 bits per heavy atom. The lowest BCUT2D eigenvalue weighted by Gasteiger charge is -2.09. The topological polar surface area (TPSA) is 105 Å². The number of aryl methyl sites for hydroxylation is 2. The van der Waals surface area contributed by atoms with E-state index in [0.717, 1.165) is 52.8 Å². The van der Waals surface area contributed by atoms with Crippen LogP contribution in [0.3, 0.4) is 0 Å². The van der Waals surface area contributed by atoms with E-state index in [0.29, 0.717) is 24.6 Å². The lowest BCUT2D eigenvalue weighted by Crippen LogP contribution is -2.07. The van der Waals surface area contributed by atoms with Crippen LogP contribution in [0.1, 0.15) is 30.1 Å². The van der Waals surface area contributed by atoms with Crippen molar-refractivity contribution in [1.82, 2.24) is 33.8 Å². The van der Waals surface area contributed by atoms with Gasteiger partial charge in [0.25, 0.3) is 0 Å². The zero-order valence-corrected chi connectivity index (χ0v) is 17.6. The van der Waals surface area contributed by atoms with Crippen LogP contribution in [0.25, 0.3) is 16.9 Å². The van der Waals surface area contributed by atoms with Crippen LogP contribution >= 0.6 is 11.5 Å². The number of nitrogens with zero attached hydrogens (tertiary/aromatic N) is 6. The van der Waals surface area contributed by atoms with Crippen molar-refractivity contribution in [2.24, 2.45) is 7.05 Å². The van der Waals surface area contributed by atoms with Gasteiger partial charge in [0.2, 0.25) is 0 Å². The molecule has 30 heavy (non-hydrogen) atoms. The van der Waals surface area contributed by atoms with Gasteiger partial charge < -0.3 is 15.7 Å². The molecular weight excluding hydrogens is 400 g/mol. The molecule has 9 nitrogen and oxygen atoms in total. The van der Waals surface area contributed by atoms with Crippen molar-refractivity contribution in [3.8, 4) is 11.3 Å². The van der Waals surface area contributed by atoms with E-state index in [2.05, 4.69) is 31.2 Å². The number of hydrogen-bond donors (Lipinski definition) is 3. The van der Waals surface area contributed by atoms with Gasteiger partial charge in [0, 0.05) is 44.1 Å². The Labute approximate surface area is 178 Å². The zero-order chi connectivity index (χ0) is 20.5. The standard InChI is InChI=1S/C20H24N8OS/c1-27-11-14(9-23-27)17-10-22-20-19(24-15(3-2-6-29)12-28(17)20)25-18-7-16(26-30-18)13-4-5-21-8-13/h7,9-13,21,29H,2-6,8H2,1H3,(H,24,25). The van der Waals surface area contributed by atoms with Crippen molar-refractivity contribution in [2.45, 2.75) is 25.2 Å². The average Bonchev–Trinajstić information content (AvgIpc) is 3.52. The van der Waals surface area contributed by atoms with E-state index in [1.807, 2.05) is 36.2 Å². The predicted molar refractivity (Wildman–Crippen MR) is 116 cm³/mol. The van der Waals surface area contributed by atoms with E-state index in [1.54, 1.807) is 4.68 Å². The SMILES string of the molecule is Cn1cc(-c2cnc3c(Nc4cc(C5CCNC5)ns4)nc(CCCO)cn23)cn1. The summed E-state index contributed by atoms with van der Waals surface area (Å²) >= 11 is 1.45. The number of nitrogens with one attached hydrogen (secondary N) is 2. The van der Waals surface area contributed by atoms with Gasteiger partial charge in [-0.1, -0.05) is 0 Å². The van der Waals surface area contributed by atoms with Crippen molar-refractivity contribution in [3.63, 3.8) is 0 Å². The molecule has 0 radical (unpaired) electrons. The van der Waals surface area contributed by atoms with E-state index in [4.69, 9.17) is 4.98 Å². The molecule has 4 aromatic heterocycles. The first kappa shape index (κ1) is 19.2. The quantitative estimate of drug-likeness (QED) is 0.418. The zero-order valence-electron chi connectivity index (χ0n) is 16.7. The van der Waals surface area contributed by atoms with Crippen LogP contribution < -0.4 is 10.6 Å². The highest BCUT2D eigenvalue weighted by atomic mass is 32.1. The molecule has 1 unspecified atom stereocenters. The van der Waals surface area contributed by atoms with Crippen LogP contribution in [0, 0.1) is 0 Å². The fraction of sp³-hybridized carbons (Fsp3) is 0.400. The first-order chi connectivity index (χ1) is 14.7. The smallest absolute Gasteiger partial charge is 0.180 e. The molecule has 0 aliphatic carbocycles. The Morgan fingerprint density at radius 2 is 2.27 bits per heavy atom. The molecule has 1 fully saturated rings. The number of aromatic nitrogens is 6. The number of imidazole rings is 1. The highest BCUT2D eigenvalue weighted by molar-refractivity contribution is 7.10. The minimum absolute atomic E-state index is 0.134. The molecule has 3 N–H and O–H groups in total. The van der Waals surface area contributed by atoms with Crippen LogP contribution in [-0.2, 0) is 13.5 Å². The fourth-order valence-corrected chi connectivity index (χ4v) is 4.56. The third-order valence-electron chi connectivity index (χ3n) is 5.38. The summed E-state index contributed by atoms with van der Waals surface area (Å²) in [7, 11) is 1.90. The van der Waals surface area contributed by atoms with Crippen molar-refractivity contribution in [1.29, 1.82) is 0 Å². The van der Waals surface area contributed by atoms with E-state index < -0.39 is 0 Å². The maximum absolute atomic E-state index is 9.26. The first-order valence-electron chi connectivity index (χ1n) is 10.1. The van der Waals surface area contributed by atoms with Crippen LogP contribution in [0.15, 0.2) is 30.9 Å². The minimum atomic E-state index is 0.134. The van der Waals surface area contributed by atoms with Crippen LogP contribution in [0.4, 0.5) is 10.8 Å². The summed E-state index contributed by atoms with van der Waals surface area (Å²) < 4.78 is 8.46. The summed E-state index contributed by atoms with van der Waals surface area (Å²) in [4.78, 5) is 9.42.